The summed E-state index contributed by atoms with van der Waals surface area (Å²) in [5, 5.41) is 3.48. The zero-order valence-corrected chi connectivity index (χ0v) is 11.4. The minimum Gasteiger partial charge on any atom is -0.370 e. The third kappa shape index (κ3) is 5.22. The van der Waals surface area contributed by atoms with Gasteiger partial charge in [0.15, 0.2) is 0 Å². The van der Waals surface area contributed by atoms with Crippen molar-refractivity contribution in [3.63, 3.8) is 0 Å². The summed E-state index contributed by atoms with van der Waals surface area (Å²) < 4.78 is 0. The summed E-state index contributed by atoms with van der Waals surface area (Å²) in [5.74, 6) is 0. The van der Waals surface area contributed by atoms with Gasteiger partial charge in [-0.1, -0.05) is 38.5 Å². The Hall–Kier alpha value is -1.02. The number of unbranched alkanes of at least 4 members (excludes halogenated alkanes) is 1. The summed E-state index contributed by atoms with van der Waals surface area (Å²) in [6.45, 7) is 9.93. The zero-order valence-electron chi connectivity index (χ0n) is 11.4. The minimum atomic E-state index is 0.539. The minimum absolute atomic E-state index is 0.539. The maximum atomic E-state index is 3.48. The average Bonchev–Trinajstić information content (AvgIpc) is 2.36. The Morgan fingerprint density at radius 1 is 1.18 bits per heavy atom. The average molecular weight is 234 g/mol. The van der Waals surface area contributed by atoms with E-state index in [0.717, 1.165) is 19.6 Å². The van der Waals surface area contributed by atoms with Crippen molar-refractivity contribution in [1.29, 1.82) is 0 Å². The molecule has 2 heteroatoms. The zero-order chi connectivity index (χ0) is 12.5. The second-order valence-electron chi connectivity index (χ2n) is 4.59. The summed E-state index contributed by atoms with van der Waals surface area (Å²) in [6.07, 6.45) is 2.51. The van der Waals surface area contributed by atoms with Gasteiger partial charge in [-0.25, -0.2) is 0 Å². The van der Waals surface area contributed by atoms with Crippen molar-refractivity contribution in [2.24, 2.45) is 0 Å². The molecule has 1 N–H and O–H groups in total. The second-order valence-corrected chi connectivity index (χ2v) is 4.59. The standard InChI is InChI=1S/C15H26N2/c1-4-6-12-17(13-14(3)16-5-2)15-10-8-7-9-11-15/h7-11,14,16H,4-6,12-13H2,1-3H3. The maximum Gasteiger partial charge on any atom is 0.0366 e. The fourth-order valence-electron chi connectivity index (χ4n) is 2.06. The number of rotatable bonds is 8. The smallest absolute Gasteiger partial charge is 0.0366 e. The Morgan fingerprint density at radius 2 is 1.88 bits per heavy atom. The van der Waals surface area contributed by atoms with E-state index in [2.05, 4.69) is 61.3 Å². The van der Waals surface area contributed by atoms with Gasteiger partial charge in [0.05, 0.1) is 0 Å². The van der Waals surface area contributed by atoms with Gasteiger partial charge in [-0.05, 0) is 32.0 Å². The van der Waals surface area contributed by atoms with E-state index < -0.39 is 0 Å². The van der Waals surface area contributed by atoms with E-state index in [1.807, 2.05) is 0 Å². The van der Waals surface area contributed by atoms with E-state index in [9.17, 15) is 0 Å². The summed E-state index contributed by atoms with van der Waals surface area (Å²) in [7, 11) is 0. The van der Waals surface area contributed by atoms with E-state index >= 15 is 0 Å². The first-order valence-electron chi connectivity index (χ1n) is 6.81. The molecule has 1 atom stereocenters. The number of anilines is 1. The summed E-state index contributed by atoms with van der Waals surface area (Å²) in [6, 6.07) is 11.3. The van der Waals surface area contributed by atoms with Crippen molar-refractivity contribution in [3.05, 3.63) is 30.3 Å². The molecule has 96 valence electrons. The van der Waals surface area contributed by atoms with Crippen LogP contribution in [0.15, 0.2) is 30.3 Å². The molecular weight excluding hydrogens is 208 g/mol. The molecule has 1 unspecified atom stereocenters. The fraction of sp³-hybridized carbons (Fsp3) is 0.600. The SMILES string of the molecule is CCCCN(CC(C)NCC)c1ccccc1. The van der Waals surface area contributed by atoms with Gasteiger partial charge in [-0.3, -0.25) is 0 Å². The number of likely N-dealkylation sites (N-methyl/N-ethyl adjacent to an activating group) is 1. The van der Waals surface area contributed by atoms with Crippen LogP contribution < -0.4 is 10.2 Å². The van der Waals surface area contributed by atoms with Gasteiger partial charge < -0.3 is 10.2 Å². The molecule has 0 aliphatic carbocycles. The summed E-state index contributed by atoms with van der Waals surface area (Å²) in [4.78, 5) is 2.48. The number of benzene rings is 1. The van der Waals surface area contributed by atoms with Crippen LogP contribution in [-0.4, -0.2) is 25.7 Å². The lowest BCUT2D eigenvalue weighted by molar-refractivity contribution is 0.545. The largest absolute Gasteiger partial charge is 0.370 e. The second kappa shape index (κ2) is 8.13. The first kappa shape index (κ1) is 14.0. The van der Waals surface area contributed by atoms with Crippen LogP contribution in [0.4, 0.5) is 5.69 Å². The highest BCUT2D eigenvalue weighted by Crippen LogP contribution is 2.14. The normalized spacial score (nSPS) is 12.4. The van der Waals surface area contributed by atoms with E-state index in [1.165, 1.54) is 18.5 Å². The molecule has 1 rings (SSSR count). The Bertz CT molecular complexity index is 284. The summed E-state index contributed by atoms with van der Waals surface area (Å²) >= 11 is 0. The van der Waals surface area contributed by atoms with Gasteiger partial charge in [0, 0.05) is 24.8 Å². The molecule has 0 bridgehead atoms. The van der Waals surface area contributed by atoms with E-state index in [-0.39, 0.29) is 0 Å². The van der Waals surface area contributed by atoms with Gasteiger partial charge in [0.2, 0.25) is 0 Å². The highest BCUT2D eigenvalue weighted by molar-refractivity contribution is 5.46. The molecule has 0 saturated heterocycles. The van der Waals surface area contributed by atoms with Crippen LogP contribution in [-0.2, 0) is 0 Å². The van der Waals surface area contributed by atoms with Crippen molar-refractivity contribution in [2.45, 2.75) is 39.7 Å². The lowest BCUT2D eigenvalue weighted by atomic mass is 10.2. The van der Waals surface area contributed by atoms with Crippen molar-refractivity contribution in [2.75, 3.05) is 24.5 Å². The van der Waals surface area contributed by atoms with Crippen LogP contribution in [0.25, 0.3) is 0 Å². The third-order valence-electron chi connectivity index (χ3n) is 2.95. The first-order valence-corrected chi connectivity index (χ1v) is 6.81. The summed E-state index contributed by atoms with van der Waals surface area (Å²) in [5.41, 5.74) is 1.34. The van der Waals surface area contributed by atoms with Crippen LogP contribution in [0.3, 0.4) is 0 Å². The molecule has 1 aromatic carbocycles. The highest BCUT2D eigenvalue weighted by atomic mass is 15.1. The molecule has 0 radical (unpaired) electrons. The maximum absolute atomic E-state index is 3.48. The Labute approximate surface area is 106 Å². The molecule has 0 amide bonds. The number of hydrogen-bond acceptors (Lipinski definition) is 2. The fourth-order valence-corrected chi connectivity index (χ4v) is 2.06. The van der Waals surface area contributed by atoms with E-state index in [4.69, 9.17) is 0 Å². The molecule has 0 saturated carbocycles. The Balaban J connectivity index is 2.60. The van der Waals surface area contributed by atoms with Crippen molar-refractivity contribution in [3.8, 4) is 0 Å². The molecule has 0 heterocycles. The van der Waals surface area contributed by atoms with Gasteiger partial charge in [0.1, 0.15) is 0 Å². The Kier molecular flexibility index (Phi) is 6.71. The molecule has 0 aliphatic rings. The molecule has 0 fully saturated rings. The predicted octanol–water partition coefficient (Wildman–Crippen LogP) is 3.29. The molecule has 2 nitrogen and oxygen atoms in total. The molecule has 17 heavy (non-hydrogen) atoms. The number of nitrogens with zero attached hydrogens (tertiary/aromatic N) is 1. The quantitative estimate of drug-likeness (QED) is 0.742. The van der Waals surface area contributed by atoms with Crippen molar-refractivity contribution in [1.82, 2.24) is 5.32 Å². The molecular formula is C15H26N2. The Morgan fingerprint density at radius 3 is 2.47 bits per heavy atom. The molecule has 0 aliphatic heterocycles. The lowest BCUT2D eigenvalue weighted by Crippen LogP contribution is -2.39. The third-order valence-corrected chi connectivity index (χ3v) is 2.95. The number of para-hydroxylation sites is 1. The van der Waals surface area contributed by atoms with Gasteiger partial charge in [-0.15, -0.1) is 0 Å². The van der Waals surface area contributed by atoms with Crippen LogP contribution in [0, 0.1) is 0 Å². The van der Waals surface area contributed by atoms with Gasteiger partial charge in [0.25, 0.3) is 0 Å². The molecule has 0 spiro atoms. The topological polar surface area (TPSA) is 15.3 Å². The van der Waals surface area contributed by atoms with E-state index in [1.54, 1.807) is 0 Å². The molecule has 0 aromatic heterocycles. The van der Waals surface area contributed by atoms with Crippen LogP contribution >= 0.6 is 0 Å². The first-order chi connectivity index (χ1) is 8.27. The van der Waals surface area contributed by atoms with Crippen molar-refractivity contribution >= 4 is 5.69 Å². The monoisotopic (exact) mass is 234 g/mol. The predicted molar refractivity (Wildman–Crippen MR) is 76.7 cm³/mol. The number of nitrogens with one attached hydrogen (secondary N) is 1. The van der Waals surface area contributed by atoms with Crippen LogP contribution in [0.5, 0.6) is 0 Å². The highest BCUT2D eigenvalue weighted by Gasteiger charge is 2.09. The molecule has 1 aromatic rings. The number of hydrogen-bond donors (Lipinski definition) is 1. The van der Waals surface area contributed by atoms with Crippen LogP contribution in [0.1, 0.15) is 33.6 Å². The lowest BCUT2D eigenvalue weighted by Gasteiger charge is -2.28. The van der Waals surface area contributed by atoms with Crippen molar-refractivity contribution < 1.29 is 0 Å². The van der Waals surface area contributed by atoms with Gasteiger partial charge in [-0.2, -0.15) is 0 Å². The van der Waals surface area contributed by atoms with E-state index in [0.29, 0.717) is 6.04 Å². The van der Waals surface area contributed by atoms with Crippen LogP contribution in [0.2, 0.25) is 0 Å². The van der Waals surface area contributed by atoms with Gasteiger partial charge >= 0.3 is 0 Å².